The van der Waals surface area contributed by atoms with E-state index in [9.17, 15) is 0 Å². The Morgan fingerprint density at radius 3 is 2.35 bits per heavy atom. The van der Waals surface area contributed by atoms with Crippen molar-refractivity contribution < 1.29 is 0 Å². The first-order valence-electron chi connectivity index (χ1n) is 5.46. The summed E-state index contributed by atoms with van der Waals surface area (Å²) in [6, 6.07) is 17.6. The van der Waals surface area contributed by atoms with Crippen molar-refractivity contribution in [2.45, 2.75) is 0 Å². The Kier molecular flexibility index (Phi) is 3.71. The summed E-state index contributed by atoms with van der Waals surface area (Å²) in [5.74, 6) is 0. The van der Waals surface area contributed by atoms with Gasteiger partial charge in [0.25, 0.3) is 0 Å². The molecule has 84 valence electrons. The monoisotopic (exact) mass is 222 g/mol. The first kappa shape index (κ1) is 11.1. The Hall–Kier alpha value is -2.35. The zero-order chi connectivity index (χ0) is 11.9. The molecule has 0 aliphatic heterocycles. The summed E-state index contributed by atoms with van der Waals surface area (Å²) in [6.45, 7) is 0. The molecule has 2 heteroatoms. The highest BCUT2D eigenvalue weighted by Gasteiger charge is 1.90. The number of para-hydroxylation sites is 2. The highest BCUT2D eigenvalue weighted by Crippen LogP contribution is 2.19. The molecule has 0 saturated heterocycles. The van der Waals surface area contributed by atoms with Crippen LogP contribution in [0.4, 0.5) is 11.4 Å². The van der Waals surface area contributed by atoms with Gasteiger partial charge in [0.05, 0.1) is 11.4 Å². The number of rotatable bonds is 3. The average Bonchev–Trinajstić information content (AvgIpc) is 2.38. The lowest BCUT2D eigenvalue weighted by atomic mass is 10.2. The van der Waals surface area contributed by atoms with Crippen LogP contribution in [0.15, 0.2) is 65.7 Å². The van der Waals surface area contributed by atoms with E-state index in [-0.39, 0.29) is 0 Å². The van der Waals surface area contributed by atoms with Gasteiger partial charge in [0.1, 0.15) is 0 Å². The fraction of sp³-hybridized carbons (Fsp3) is 0. The molecule has 0 bridgehead atoms. The zero-order valence-electron chi connectivity index (χ0n) is 9.45. The Morgan fingerprint density at radius 1 is 0.882 bits per heavy atom. The lowest BCUT2D eigenvalue weighted by Crippen LogP contribution is -1.83. The Morgan fingerprint density at radius 2 is 1.59 bits per heavy atom. The number of hydrogen-bond donors (Lipinski definition) is 1. The second-order valence-electron chi connectivity index (χ2n) is 3.61. The summed E-state index contributed by atoms with van der Waals surface area (Å²) in [7, 11) is 0. The van der Waals surface area contributed by atoms with Crippen LogP contribution in [-0.4, -0.2) is 6.21 Å². The molecule has 0 aliphatic carbocycles. The second kappa shape index (κ2) is 5.66. The molecule has 2 rings (SSSR count). The fourth-order valence-corrected chi connectivity index (χ4v) is 1.45. The Bertz CT molecular complexity index is 528. The summed E-state index contributed by atoms with van der Waals surface area (Å²) < 4.78 is 0. The van der Waals surface area contributed by atoms with Gasteiger partial charge in [0.15, 0.2) is 0 Å². The van der Waals surface area contributed by atoms with Gasteiger partial charge in [0, 0.05) is 6.21 Å². The Balaban J connectivity index is 2.04. The summed E-state index contributed by atoms with van der Waals surface area (Å²) in [5.41, 5.74) is 8.42. The molecule has 0 spiro atoms. The minimum Gasteiger partial charge on any atom is -0.397 e. The van der Waals surface area contributed by atoms with Gasteiger partial charge in [-0.25, -0.2) is 0 Å². The summed E-state index contributed by atoms with van der Waals surface area (Å²) in [6.07, 6.45) is 5.66. The fourth-order valence-electron chi connectivity index (χ4n) is 1.45. The standard InChI is InChI=1S/C15H14N2/c16-14-10-4-5-11-15(14)17-12-6-9-13-7-2-1-3-8-13/h1-12H,16H2. The van der Waals surface area contributed by atoms with E-state index in [1.165, 1.54) is 0 Å². The van der Waals surface area contributed by atoms with Crippen LogP contribution in [0, 0.1) is 0 Å². The summed E-state index contributed by atoms with van der Waals surface area (Å²) in [5, 5.41) is 0. The van der Waals surface area contributed by atoms with Gasteiger partial charge in [0.2, 0.25) is 0 Å². The molecular formula is C15H14N2. The molecule has 0 atom stereocenters. The third kappa shape index (κ3) is 3.31. The van der Waals surface area contributed by atoms with Gasteiger partial charge in [-0.3, -0.25) is 4.99 Å². The molecule has 0 unspecified atom stereocenters. The van der Waals surface area contributed by atoms with Crippen LogP contribution in [-0.2, 0) is 0 Å². The van der Waals surface area contributed by atoms with Gasteiger partial charge in [-0.05, 0) is 23.8 Å². The number of nitrogens with two attached hydrogens (primary N) is 1. The van der Waals surface area contributed by atoms with Crippen LogP contribution in [0.5, 0.6) is 0 Å². The number of benzene rings is 2. The SMILES string of the molecule is Nc1ccccc1N=CC=Cc1ccccc1. The third-order valence-corrected chi connectivity index (χ3v) is 2.32. The van der Waals surface area contributed by atoms with Gasteiger partial charge >= 0.3 is 0 Å². The van der Waals surface area contributed by atoms with E-state index < -0.39 is 0 Å². The normalized spacial score (nSPS) is 11.3. The number of hydrogen-bond acceptors (Lipinski definition) is 2. The molecule has 2 aromatic rings. The van der Waals surface area contributed by atoms with Crippen LogP contribution in [0.3, 0.4) is 0 Å². The number of aliphatic imine (C=N–C) groups is 1. The molecule has 0 heterocycles. The summed E-state index contributed by atoms with van der Waals surface area (Å²) >= 11 is 0. The van der Waals surface area contributed by atoms with Crippen molar-refractivity contribution >= 4 is 23.7 Å². The first-order chi connectivity index (χ1) is 8.36. The highest BCUT2D eigenvalue weighted by atomic mass is 14.8. The maximum Gasteiger partial charge on any atom is 0.0858 e. The molecule has 0 radical (unpaired) electrons. The predicted octanol–water partition coefficient (Wildman–Crippen LogP) is 3.68. The molecule has 0 saturated carbocycles. The topological polar surface area (TPSA) is 38.4 Å². The zero-order valence-corrected chi connectivity index (χ0v) is 9.45. The van der Waals surface area contributed by atoms with Crippen LogP contribution in [0.25, 0.3) is 6.08 Å². The lowest BCUT2D eigenvalue weighted by molar-refractivity contribution is 1.54. The van der Waals surface area contributed by atoms with E-state index in [2.05, 4.69) is 4.99 Å². The highest BCUT2D eigenvalue weighted by molar-refractivity contribution is 5.82. The average molecular weight is 222 g/mol. The minimum absolute atomic E-state index is 0.692. The predicted molar refractivity (Wildman–Crippen MR) is 74.5 cm³/mol. The lowest BCUT2D eigenvalue weighted by Gasteiger charge is -1.96. The van der Waals surface area contributed by atoms with Gasteiger partial charge in [-0.2, -0.15) is 0 Å². The van der Waals surface area contributed by atoms with Gasteiger partial charge in [-0.15, -0.1) is 0 Å². The summed E-state index contributed by atoms with van der Waals surface area (Å²) in [4.78, 5) is 4.28. The maximum atomic E-state index is 5.78. The molecule has 0 amide bonds. The maximum absolute atomic E-state index is 5.78. The van der Waals surface area contributed by atoms with Crippen LogP contribution in [0.2, 0.25) is 0 Å². The smallest absolute Gasteiger partial charge is 0.0858 e. The number of anilines is 1. The molecule has 0 aromatic heterocycles. The van der Waals surface area contributed by atoms with Gasteiger partial charge < -0.3 is 5.73 Å². The molecule has 0 fully saturated rings. The van der Waals surface area contributed by atoms with E-state index in [0.29, 0.717) is 5.69 Å². The third-order valence-electron chi connectivity index (χ3n) is 2.32. The molecule has 17 heavy (non-hydrogen) atoms. The number of allylic oxidation sites excluding steroid dienone is 1. The molecule has 2 aromatic carbocycles. The van der Waals surface area contributed by atoms with E-state index in [0.717, 1.165) is 11.3 Å². The number of nitrogens with zero attached hydrogens (tertiary/aromatic N) is 1. The van der Waals surface area contributed by atoms with E-state index in [1.807, 2.05) is 66.7 Å². The van der Waals surface area contributed by atoms with Crippen molar-refractivity contribution in [3.8, 4) is 0 Å². The van der Waals surface area contributed by atoms with Crippen molar-refractivity contribution in [3.63, 3.8) is 0 Å². The van der Waals surface area contributed by atoms with Crippen LogP contribution < -0.4 is 5.73 Å². The minimum atomic E-state index is 0.692. The quantitative estimate of drug-likeness (QED) is 0.624. The van der Waals surface area contributed by atoms with Crippen molar-refractivity contribution in [2.24, 2.45) is 4.99 Å². The van der Waals surface area contributed by atoms with E-state index in [4.69, 9.17) is 5.73 Å². The van der Waals surface area contributed by atoms with Gasteiger partial charge in [-0.1, -0.05) is 48.5 Å². The van der Waals surface area contributed by atoms with E-state index >= 15 is 0 Å². The van der Waals surface area contributed by atoms with Crippen molar-refractivity contribution in [1.29, 1.82) is 0 Å². The molecule has 2 N–H and O–H groups in total. The van der Waals surface area contributed by atoms with Crippen molar-refractivity contribution in [2.75, 3.05) is 5.73 Å². The van der Waals surface area contributed by atoms with Crippen LogP contribution >= 0.6 is 0 Å². The Labute approximate surface area is 101 Å². The molecule has 0 aliphatic rings. The van der Waals surface area contributed by atoms with Crippen molar-refractivity contribution in [3.05, 3.63) is 66.2 Å². The first-order valence-corrected chi connectivity index (χ1v) is 5.46. The molecule has 2 nitrogen and oxygen atoms in total. The largest absolute Gasteiger partial charge is 0.397 e. The number of nitrogen functional groups attached to an aromatic ring is 1. The second-order valence-corrected chi connectivity index (χ2v) is 3.61. The van der Waals surface area contributed by atoms with Crippen LogP contribution in [0.1, 0.15) is 5.56 Å². The molecular weight excluding hydrogens is 208 g/mol. The van der Waals surface area contributed by atoms with E-state index in [1.54, 1.807) is 6.21 Å². The van der Waals surface area contributed by atoms with Crippen molar-refractivity contribution in [1.82, 2.24) is 0 Å².